The van der Waals surface area contributed by atoms with Crippen LogP contribution in [0, 0.1) is 0 Å². The van der Waals surface area contributed by atoms with Gasteiger partial charge in [0.2, 0.25) is 0 Å². The van der Waals surface area contributed by atoms with Gasteiger partial charge in [0.1, 0.15) is 18.1 Å². The van der Waals surface area contributed by atoms with E-state index in [4.69, 9.17) is 21.7 Å². The maximum absolute atomic E-state index is 12.5. The van der Waals surface area contributed by atoms with Crippen molar-refractivity contribution in [2.75, 3.05) is 12.4 Å². The highest BCUT2D eigenvalue weighted by molar-refractivity contribution is 7.80. The monoisotopic (exact) mass is 449 g/mol. The van der Waals surface area contributed by atoms with E-state index in [1.165, 1.54) is 11.3 Å². The number of fused-ring (bicyclic) bond motifs is 1. The van der Waals surface area contributed by atoms with Crippen LogP contribution in [-0.4, -0.2) is 23.1 Å². The van der Waals surface area contributed by atoms with Crippen molar-refractivity contribution in [2.24, 2.45) is 0 Å². The van der Waals surface area contributed by atoms with Crippen molar-refractivity contribution in [1.29, 1.82) is 0 Å². The minimum atomic E-state index is -0.310. The molecule has 0 aliphatic heterocycles. The van der Waals surface area contributed by atoms with Crippen LogP contribution in [-0.2, 0) is 6.61 Å². The first-order valence-electron chi connectivity index (χ1n) is 9.44. The summed E-state index contributed by atoms with van der Waals surface area (Å²) in [5, 5.41) is 6.41. The molecule has 3 aromatic carbocycles. The number of anilines is 1. The fourth-order valence-electron chi connectivity index (χ4n) is 2.83. The van der Waals surface area contributed by atoms with Gasteiger partial charge in [-0.2, -0.15) is 0 Å². The molecule has 156 valence electrons. The Morgan fingerprint density at radius 1 is 1.03 bits per heavy atom. The molecule has 1 heterocycles. The maximum Gasteiger partial charge on any atom is 0.257 e. The lowest BCUT2D eigenvalue weighted by Crippen LogP contribution is -2.34. The van der Waals surface area contributed by atoms with Crippen LogP contribution < -0.4 is 20.1 Å². The lowest BCUT2D eigenvalue weighted by Gasteiger charge is -2.09. The summed E-state index contributed by atoms with van der Waals surface area (Å²) in [6.45, 7) is 0.467. The molecule has 0 radical (unpaired) electrons. The van der Waals surface area contributed by atoms with Gasteiger partial charge in [-0.1, -0.05) is 41.7 Å². The normalized spacial score (nSPS) is 10.5. The summed E-state index contributed by atoms with van der Waals surface area (Å²) in [6.07, 6.45) is 0. The van der Waals surface area contributed by atoms with Gasteiger partial charge in [-0.05, 0) is 60.2 Å². The van der Waals surface area contributed by atoms with E-state index < -0.39 is 0 Å². The number of nitrogens with one attached hydrogen (secondary N) is 2. The van der Waals surface area contributed by atoms with Gasteiger partial charge in [-0.15, -0.1) is 0 Å². The van der Waals surface area contributed by atoms with Gasteiger partial charge in [0.05, 0.1) is 17.3 Å². The molecule has 0 unspecified atom stereocenters. The number of carbonyl (C=O) groups excluding carboxylic acids is 1. The molecule has 8 heteroatoms. The molecule has 0 saturated carbocycles. The zero-order valence-electron chi connectivity index (χ0n) is 16.6. The molecule has 0 aliphatic carbocycles. The molecule has 4 rings (SSSR count). The molecule has 0 bridgehead atoms. The quantitative estimate of drug-likeness (QED) is 0.403. The third-order valence-corrected chi connectivity index (χ3v) is 5.55. The van der Waals surface area contributed by atoms with E-state index in [-0.39, 0.29) is 11.0 Å². The van der Waals surface area contributed by atoms with E-state index in [9.17, 15) is 4.79 Å². The van der Waals surface area contributed by atoms with Crippen LogP contribution in [0.5, 0.6) is 11.5 Å². The fraction of sp³-hybridized carbons (Fsp3) is 0.0870. The Bertz CT molecular complexity index is 1210. The van der Waals surface area contributed by atoms with Crippen molar-refractivity contribution in [3.63, 3.8) is 0 Å². The molecule has 4 aromatic rings. The molecule has 0 atom stereocenters. The van der Waals surface area contributed by atoms with Crippen molar-refractivity contribution in [3.05, 3.63) is 83.9 Å². The second kappa shape index (κ2) is 9.55. The molecule has 31 heavy (non-hydrogen) atoms. The molecule has 0 saturated heterocycles. The maximum atomic E-state index is 12.5. The Morgan fingerprint density at radius 2 is 1.77 bits per heavy atom. The number of amides is 1. The minimum Gasteiger partial charge on any atom is -0.497 e. The summed E-state index contributed by atoms with van der Waals surface area (Å²) in [4.78, 5) is 16.9. The van der Waals surface area contributed by atoms with Crippen molar-refractivity contribution in [3.8, 4) is 11.5 Å². The number of hydrogen-bond acceptors (Lipinski definition) is 6. The van der Waals surface area contributed by atoms with Crippen LogP contribution >= 0.6 is 23.6 Å². The second-order valence-electron chi connectivity index (χ2n) is 6.56. The van der Waals surface area contributed by atoms with Crippen molar-refractivity contribution < 1.29 is 14.3 Å². The number of ether oxygens (including phenoxy) is 2. The summed E-state index contributed by atoms with van der Waals surface area (Å²) in [7, 11) is 1.62. The Morgan fingerprint density at radius 3 is 2.52 bits per heavy atom. The van der Waals surface area contributed by atoms with Crippen LogP contribution in [0.3, 0.4) is 0 Å². The molecule has 0 aliphatic rings. The number of carbonyl (C=O) groups is 1. The third-order valence-electron chi connectivity index (χ3n) is 4.41. The summed E-state index contributed by atoms with van der Waals surface area (Å²) in [5.41, 5.74) is 2.38. The predicted molar refractivity (Wildman–Crippen MR) is 127 cm³/mol. The van der Waals surface area contributed by atoms with E-state index in [1.54, 1.807) is 31.4 Å². The van der Waals surface area contributed by atoms with Gasteiger partial charge in [0.25, 0.3) is 5.91 Å². The van der Waals surface area contributed by atoms with Crippen molar-refractivity contribution >= 4 is 49.9 Å². The van der Waals surface area contributed by atoms with Gasteiger partial charge in [0.15, 0.2) is 10.2 Å². The Labute approximate surface area is 188 Å². The molecule has 2 N–H and O–H groups in total. The lowest BCUT2D eigenvalue weighted by atomic mass is 10.2. The van der Waals surface area contributed by atoms with E-state index >= 15 is 0 Å². The Balaban J connectivity index is 1.32. The number of aromatic nitrogens is 1. The van der Waals surface area contributed by atoms with E-state index in [0.29, 0.717) is 23.1 Å². The average molecular weight is 450 g/mol. The fourth-order valence-corrected chi connectivity index (χ4v) is 3.99. The summed E-state index contributed by atoms with van der Waals surface area (Å²) < 4.78 is 11.9. The zero-order chi connectivity index (χ0) is 21.6. The minimum absolute atomic E-state index is 0.181. The molecule has 1 aromatic heterocycles. The number of benzene rings is 3. The van der Waals surface area contributed by atoms with Crippen LogP contribution in [0.25, 0.3) is 10.2 Å². The lowest BCUT2D eigenvalue weighted by molar-refractivity contribution is 0.0977. The summed E-state index contributed by atoms with van der Waals surface area (Å²) in [5.74, 6) is 1.13. The highest BCUT2D eigenvalue weighted by Gasteiger charge is 2.11. The number of hydrogen-bond donors (Lipinski definition) is 2. The molecular weight excluding hydrogens is 430 g/mol. The van der Waals surface area contributed by atoms with E-state index in [1.807, 2.05) is 48.5 Å². The van der Waals surface area contributed by atoms with Crippen LogP contribution in [0.4, 0.5) is 5.13 Å². The van der Waals surface area contributed by atoms with Gasteiger partial charge in [-0.3, -0.25) is 10.1 Å². The van der Waals surface area contributed by atoms with E-state index in [2.05, 4.69) is 15.6 Å². The molecule has 6 nitrogen and oxygen atoms in total. The van der Waals surface area contributed by atoms with Crippen molar-refractivity contribution in [1.82, 2.24) is 10.3 Å². The Kier molecular flexibility index (Phi) is 6.40. The highest BCUT2D eigenvalue weighted by atomic mass is 32.1. The van der Waals surface area contributed by atoms with Gasteiger partial charge in [0, 0.05) is 5.56 Å². The number of thiocarbonyl (C=S) groups is 1. The van der Waals surface area contributed by atoms with Crippen LogP contribution in [0.15, 0.2) is 72.8 Å². The SMILES string of the molecule is COc1ccc2nc(NC(=S)NC(=O)c3ccc(OCc4ccccc4)cc3)sc2c1. The number of nitrogens with zero attached hydrogens (tertiary/aromatic N) is 1. The first-order valence-corrected chi connectivity index (χ1v) is 10.7. The van der Waals surface area contributed by atoms with Crippen LogP contribution in [0.2, 0.25) is 0 Å². The molecule has 0 spiro atoms. The van der Waals surface area contributed by atoms with E-state index in [0.717, 1.165) is 21.5 Å². The first-order chi connectivity index (χ1) is 15.1. The second-order valence-corrected chi connectivity index (χ2v) is 8.00. The molecule has 0 fully saturated rings. The number of thiazole rings is 1. The Hall–Kier alpha value is -3.49. The largest absolute Gasteiger partial charge is 0.497 e. The van der Waals surface area contributed by atoms with Gasteiger partial charge < -0.3 is 14.8 Å². The highest BCUT2D eigenvalue weighted by Crippen LogP contribution is 2.29. The first kappa shape index (κ1) is 20.8. The third kappa shape index (κ3) is 5.36. The predicted octanol–water partition coefficient (Wildman–Crippen LogP) is 5.01. The smallest absolute Gasteiger partial charge is 0.257 e. The number of methoxy groups -OCH3 is 1. The zero-order valence-corrected chi connectivity index (χ0v) is 18.3. The number of rotatable bonds is 6. The van der Waals surface area contributed by atoms with Crippen molar-refractivity contribution in [2.45, 2.75) is 6.61 Å². The average Bonchev–Trinajstić information content (AvgIpc) is 3.19. The standard InChI is InChI=1S/C23H19N3O3S2/c1-28-18-11-12-19-20(13-18)31-23(24-19)26-22(30)25-21(27)16-7-9-17(10-8-16)29-14-15-5-3-2-4-6-15/h2-13H,14H2,1H3,(H2,24,25,26,27,30). The van der Waals surface area contributed by atoms with Gasteiger partial charge >= 0.3 is 0 Å². The molecular formula is C23H19N3O3S2. The summed E-state index contributed by atoms with van der Waals surface area (Å²) >= 11 is 6.69. The van der Waals surface area contributed by atoms with Gasteiger partial charge in [-0.25, -0.2) is 4.98 Å². The van der Waals surface area contributed by atoms with Crippen LogP contribution in [0.1, 0.15) is 15.9 Å². The topological polar surface area (TPSA) is 72.5 Å². The molecule has 1 amide bonds. The summed E-state index contributed by atoms with van der Waals surface area (Å²) in [6, 6.07) is 22.4.